The van der Waals surface area contributed by atoms with Crippen molar-refractivity contribution in [3.05, 3.63) is 272 Å². The van der Waals surface area contributed by atoms with E-state index in [-0.39, 0.29) is 0 Å². The minimum Gasteiger partial charge on any atom is -0.309 e. The first-order valence-corrected chi connectivity index (χ1v) is 24.8. The van der Waals surface area contributed by atoms with Crippen LogP contribution in [0.4, 0.5) is 34.1 Å². The van der Waals surface area contributed by atoms with Gasteiger partial charge >= 0.3 is 0 Å². The van der Waals surface area contributed by atoms with Crippen LogP contribution in [0.3, 0.4) is 0 Å². The molecule has 0 unspecified atom stereocenters. The molecule has 0 aliphatic rings. The molecule has 0 saturated heterocycles. The molecule has 3 heterocycles. The largest absolute Gasteiger partial charge is 0.309 e. The van der Waals surface area contributed by atoms with E-state index in [0.717, 1.165) is 89.7 Å². The van der Waals surface area contributed by atoms with E-state index in [1.807, 2.05) is 0 Å². The van der Waals surface area contributed by atoms with Gasteiger partial charge in [-0.1, -0.05) is 175 Å². The second kappa shape index (κ2) is 17.0. The first-order chi connectivity index (χ1) is 35.7. The van der Waals surface area contributed by atoms with Gasteiger partial charge in [0.05, 0.1) is 55.2 Å². The van der Waals surface area contributed by atoms with Gasteiger partial charge < -0.3 is 23.5 Å². The topological polar surface area (TPSA) is 21.3 Å². The fraction of sp³-hybridized carbons (Fsp3) is 0. The maximum absolute atomic E-state index is 8.12. The van der Waals surface area contributed by atoms with Gasteiger partial charge in [0.15, 0.2) is 0 Å². The minimum atomic E-state index is 0.609. The summed E-state index contributed by atoms with van der Waals surface area (Å²) >= 11 is 8.12. The van der Waals surface area contributed by atoms with Crippen molar-refractivity contribution in [1.82, 2.24) is 13.7 Å². The molecule has 0 radical (unpaired) electrons. The molecule has 0 spiro atoms. The molecule has 0 bridgehead atoms. The van der Waals surface area contributed by atoms with Crippen molar-refractivity contribution in [3.63, 3.8) is 0 Å². The van der Waals surface area contributed by atoms with Gasteiger partial charge in [0.2, 0.25) is 0 Å². The van der Waals surface area contributed by atoms with Crippen LogP contribution in [0.1, 0.15) is 0 Å². The Bertz CT molecular complexity index is 4060. The van der Waals surface area contributed by atoms with Gasteiger partial charge in [-0.05, 0) is 103 Å². The summed E-state index contributed by atoms with van der Waals surface area (Å²) in [6.07, 6.45) is 0. The normalized spacial score (nSPS) is 11.7. The van der Waals surface area contributed by atoms with Crippen LogP contribution < -0.4 is 9.80 Å². The quantitative estimate of drug-likeness (QED) is 0.144. The Balaban J connectivity index is 1.23. The van der Waals surface area contributed by atoms with Crippen LogP contribution in [0, 0.1) is 0 Å². The minimum absolute atomic E-state index is 0.609. The molecule has 3 aromatic heterocycles. The van der Waals surface area contributed by atoms with Crippen LogP contribution in [-0.4, -0.2) is 13.7 Å². The molecule has 0 saturated carbocycles. The fourth-order valence-corrected chi connectivity index (χ4v) is 11.6. The highest BCUT2D eigenvalue weighted by molar-refractivity contribution is 6.41. The van der Waals surface area contributed by atoms with Crippen molar-refractivity contribution in [2.45, 2.75) is 0 Å². The molecule has 72 heavy (non-hydrogen) atoms. The molecule has 0 fully saturated rings. The third-order valence-corrected chi connectivity index (χ3v) is 14.6. The van der Waals surface area contributed by atoms with Gasteiger partial charge in [0.25, 0.3) is 0 Å². The monoisotopic (exact) mass is 941 g/mol. The third-order valence-electron chi connectivity index (χ3n) is 14.2. The Morgan fingerprint density at radius 3 is 0.819 bits per heavy atom. The van der Waals surface area contributed by atoms with Gasteiger partial charge in [-0.2, -0.15) is 0 Å². The zero-order valence-electron chi connectivity index (χ0n) is 39.0. The predicted octanol–water partition coefficient (Wildman–Crippen LogP) is 18.6. The Kier molecular flexibility index (Phi) is 9.83. The summed E-state index contributed by atoms with van der Waals surface area (Å²) in [5.74, 6) is 0. The Hall–Kier alpha value is -9.29. The summed E-state index contributed by atoms with van der Waals surface area (Å²) in [4.78, 5) is 4.58. The standard InChI is InChI=1S/C66H44ClN5/c67-63-58(68(45-25-7-1-8-26-45)46-27-9-2-10-28-46)43-51(44-59(63)69(47-29-11-3-12-30-47)48-31-13-4-14-32-48)72-57-42-24-21-39-54(57)62-65-60(52-37-19-22-40-55(52)70(65)49-33-15-5-16-34-49)64-61(66(62)72)53-38-20-23-41-56(53)71(64)50-35-17-6-18-36-50/h1-44H. The Morgan fingerprint density at radius 1 is 0.264 bits per heavy atom. The van der Waals surface area contributed by atoms with E-state index in [2.05, 4.69) is 290 Å². The second-order valence-electron chi connectivity index (χ2n) is 18.2. The molecular formula is C66H44ClN5. The average Bonchev–Trinajstić information content (AvgIpc) is 4.10. The summed E-state index contributed by atoms with van der Waals surface area (Å²) in [5.41, 5.74) is 15.6. The lowest BCUT2D eigenvalue weighted by Gasteiger charge is -2.32. The van der Waals surface area contributed by atoms with Crippen molar-refractivity contribution in [2.24, 2.45) is 0 Å². The van der Waals surface area contributed by atoms with Crippen LogP contribution in [-0.2, 0) is 0 Å². The number of para-hydroxylation sites is 9. The summed E-state index contributed by atoms with van der Waals surface area (Å²) < 4.78 is 7.51. The molecular weight excluding hydrogens is 898 g/mol. The fourth-order valence-electron chi connectivity index (χ4n) is 11.3. The number of hydrogen-bond donors (Lipinski definition) is 0. The number of rotatable bonds is 9. The highest BCUT2D eigenvalue weighted by Crippen LogP contribution is 2.53. The van der Waals surface area contributed by atoms with Crippen molar-refractivity contribution in [2.75, 3.05) is 9.80 Å². The van der Waals surface area contributed by atoms with Crippen molar-refractivity contribution >= 4 is 111 Å². The number of anilines is 6. The maximum atomic E-state index is 8.12. The van der Waals surface area contributed by atoms with E-state index in [0.29, 0.717) is 5.02 Å². The van der Waals surface area contributed by atoms with Gasteiger partial charge in [0, 0.05) is 66.4 Å². The second-order valence-corrected chi connectivity index (χ2v) is 18.6. The molecule has 0 aliphatic heterocycles. The van der Waals surface area contributed by atoms with Crippen LogP contribution in [0.2, 0.25) is 5.02 Å². The van der Waals surface area contributed by atoms with Crippen LogP contribution in [0.25, 0.3) is 82.5 Å². The molecule has 0 atom stereocenters. The van der Waals surface area contributed by atoms with E-state index < -0.39 is 0 Å². The van der Waals surface area contributed by atoms with Crippen LogP contribution in [0.5, 0.6) is 0 Å². The van der Waals surface area contributed by atoms with Crippen LogP contribution >= 0.6 is 11.6 Å². The first kappa shape index (κ1) is 41.7. The van der Waals surface area contributed by atoms with E-state index in [9.17, 15) is 0 Å². The first-order valence-electron chi connectivity index (χ1n) is 24.4. The zero-order chi connectivity index (χ0) is 47.7. The van der Waals surface area contributed by atoms with Gasteiger partial charge in [0.1, 0.15) is 0 Å². The number of hydrogen-bond acceptors (Lipinski definition) is 2. The van der Waals surface area contributed by atoms with E-state index in [1.165, 1.54) is 26.9 Å². The molecule has 14 rings (SSSR count). The highest BCUT2D eigenvalue weighted by atomic mass is 35.5. The number of nitrogens with zero attached hydrogens (tertiary/aromatic N) is 5. The number of benzene rings is 11. The number of fused-ring (bicyclic) bond motifs is 12. The molecule has 14 aromatic rings. The lowest BCUT2D eigenvalue weighted by atomic mass is 10.0. The Labute approximate surface area is 421 Å². The molecule has 11 aromatic carbocycles. The van der Waals surface area contributed by atoms with Crippen molar-refractivity contribution < 1.29 is 0 Å². The SMILES string of the molecule is Clc1c(N(c2ccccc2)c2ccccc2)cc(-n2c3ccccc3c3c4c(c5ccccc5n4-c4ccccc4)c4c(c5ccccc5n4-c4ccccc4)c32)cc1N(c1ccccc1)c1ccccc1. The molecule has 0 N–H and O–H groups in total. The summed E-state index contributed by atoms with van der Waals surface area (Å²) in [6.45, 7) is 0. The van der Waals surface area contributed by atoms with Crippen molar-refractivity contribution in [3.8, 4) is 17.1 Å². The number of aromatic nitrogens is 3. The summed E-state index contributed by atoms with van der Waals surface area (Å²) in [7, 11) is 0. The molecule has 340 valence electrons. The van der Waals surface area contributed by atoms with Crippen LogP contribution in [0.15, 0.2) is 267 Å². The summed E-state index contributed by atoms with van der Waals surface area (Å²) in [6, 6.07) is 95.3. The van der Waals surface area contributed by atoms with Gasteiger partial charge in [-0.25, -0.2) is 0 Å². The van der Waals surface area contributed by atoms with E-state index >= 15 is 0 Å². The lowest BCUT2D eigenvalue weighted by Crippen LogP contribution is -2.15. The third kappa shape index (κ3) is 6.41. The van der Waals surface area contributed by atoms with Crippen molar-refractivity contribution in [1.29, 1.82) is 0 Å². The highest BCUT2D eigenvalue weighted by Gasteiger charge is 2.31. The smallest absolute Gasteiger partial charge is 0.0888 e. The average molecular weight is 943 g/mol. The molecule has 0 aliphatic carbocycles. The molecule has 0 amide bonds. The summed E-state index contributed by atoms with van der Waals surface area (Å²) in [5, 5.41) is 7.68. The van der Waals surface area contributed by atoms with E-state index in [1.54, 1.807) is 0 Å². The lowest BCUT2D eigenvalue weighted by molar-refractivity contribution is 1.16. The molecule has 6 heteroatoms. The maximum Gasteiger partial charge on any atom is 0.0888 e. The van der Waals surface area contributed by atoms with Gasteiger partial charge in [-0.15, -0.1) is 0 Å². The molecule has 5 nitrogen and oxygen atoms in total. The predicted molar refractivity (Wildman–Crippen MR) is 304 cm³/mol. The van der Waals surface area contributed by atoms with E-state index in [4.69, 9.17) is 11.6 Å². The number of halogens is 1. The van der Waals surface area contributed by atoms with Gasteiger partial charge in [-0.3, -0.25) is 0 Å². The zero-order valence-corrected chi connectivity index (χ0v) is 39.8. The Morgan fingerprint density at radius 2 is 0.514 bits per heavy atom.